The SMILES string of the molecule is CCC1C(CCC(=O)C2CCCc3ccccc32)=CC=C1CCc1cc(C)cc(C)c1. The van der Waals surface area contributed by atoms with Gasteiger partial charge in [-0.2, -0.15) is 0 Å². The summed E-state index contributed by atoms with van der Waals surface area (Å²) in [6.07, 6.45) is 12.9. The molecule has 0 aliphatic heterocycles. The fourth-order valence-electron chi connectivity index (χ4n) is 5.76. The van der Waals surface area contributed by atoms with Crippen LogP contribution >= 0.6 is 0 Å². The molecule has 1 heteroatoms. The second-order valence-electron chi connectivity index (χ2n) is 9.55. The zero-order valence-electron chi connectivity index (χ0n) is 19.4. The Morgan fingerprint density at radius 2 is 1.65 bits per heavy atom. The minimum atomic E-state index is 0.115. The molecule has 2 aliphatic carbocycles. The molecular formula is C30H36O. The lowest BCUT2D eigenvalue weighted by molar-refractivity contribution is -0.120. The van der Waals surface area contributed by atoms with Crippen molar-refractivity contribution in [3.05, 3.63) is 93.6 Å². The first-order chi connectivity index (χ1) is 15.0. The van der Waals surface area contributed by atoms with Crippen LogP contribution in [0.2, 0.25) is 0 Å². The van der Waals surface area contributed by atoms with Crippen LogP contribution in [0, 0.1) is 19.8 Å². The standard InChI is InChI=1S/C30H36O/c1-4-27-25(13-12-23-19-21(2)18-22(3)20-23)14-15-26(27)16-17-30(31)29-11-7-9-24-8-5-6-10-28(24)29/h5-6,8,10,14-15,18-20,27,29H,4,7,9,11-13,16-17H2,1-3H3. The highest BCUT2D eigenvalue weighted by molar-refractivity contribution is 5.86. The van der Waals surface area contributed by atoms with Crippen LogP contribution in [-0.2, 0) is 17.6 Å². The van der Waals surface area contributed by atoms with Crippen molar-refractivity contribution in [3.8, 4) is 0 Å². The molecule has 2 atom stereocenters. The van der Waals surface area contributed by atoms with Gasteiger partial charge in [0.1, 0.15) is 5.78 Å². The topological polar surface area (TPSA) is 17.1 Å². The van der Waals surface area contributed by atoms with Crippen LogP contribution in [0.5, 0.6) is 0 Å². The molecule has 2 aromatic rings. The molecule has 0 amide bonds. The first-order valence-electron chi connectivity index (χ1n) is 12.1. The van der Waals surface area contributed by atoms with Crippen LogP contribution < -0.4 is 0 Å². The number of aryl methyl sites for hydroxylation is 4. The summed E-state index contributed by atoms with van der Waals surface area (Å²) in [6.45, 7) is 6.65. The number of ketones is 1. The van der Waals surface area contributed by atoms with E-state index in [4.69, 9.17) is 0 Å². The number of benzene rings is 2. The van der Waals surface area contributed by atoms with Crippen molar-refractivity contribution in [1.82, 2.24) is 0 Å². The number of hydrogen-bond donors (Lipinski definition) is 0. The van der Waals surface area contributed by atoms with Gasteiger partial charge in [0.05, 0.1) is 0 Å². The van der Waals surface area contributed by atoms with Gasteiger partial charge in [-0.1, -0.05) is 83.8 Å². The van der Waals surface area contributed by atoms with Crippen LogP contribution in [0.4, 0.5) is 0 Å². The maximum absolute atomic E-state index is 13.1. The zero-order valence-corrected chi connectivity index (χ0v) is 19.4. The van der Waals surface area contributed by atoms with Crippen LogP contribution in [0.15, 0.2) is 65.8 Å². The van der Waals surface area contributed by atoms with Gasteiger partial charge in [-0.3, -0.25) is 4.79 Å². The smallest absolute Gasteiger partial charge is 0.140 e. The molecule has 0 spiro atoms. The Kier molecular flexibility index (Phi) is 6.90. The third kappa shape index (κ3) is 5.09. The van der Waals surface area contributed by atoms with E-state index >= 15 is 0 Å². The molecular weight excluding hydrogens is 376 g/mol. The number of carbonyl (C=O) groups excluding carboxylic acids is 1. The second-order valence-corrected chi connectivity index (χ2v) is 9.55. The zero-order chi connectivity index (χ0) is 21.8. The van der Waals surface area contributed by atoms with E-state index in [0.29, 0.717) is 18.1 Å². The summed E-state index contributed by atoms with van der Waals surface area (Å²) in [6, 6.07) is 15.4. The molecule has 162 valence electrons. The van der Waals surface area contributed by atoms with Crippen molar-refractivity contribution in [3.63, 3.8) is 0 Å². The van der Waals surface area contributed by atoms with Gasteiger partial charge in [0, 0.05) is 18.3 Å². The Labute approximate surface area is 188 Å². The number of fused-ring (bicyclic) bond motifs is 1. The molecule has 1 nitrogen and oxygen atoms in total. The highest BCUT2D eigenvalue weighted by atomic mass is 16.1. The number of Topliss-reactive ketones (excluding diaryl/α,β-unsaturated/α-hetero) is 1. The Bertz CT molecular complexity index is 987. The average molecular weight is 413 g/mol. The van der Waals surface area contributed by atoms with E-state index in [1.807, 2.05) is 0 Å². The lowest BCUT2D eigenvalue weighted by Gasteiger charge is -2.25. The van der Waals surface area contributed by atoms with Gasteiger partial charge in [0.2, 0.25) is 0 Å². The maximum Gasteiger partial charge on any atom is 0.140 e. The van der Waals surface area contributed by atoms with E-state index < -0.39 is 0 Å². The summed E-state index contributed by atoms with van der Waals surface area (Å²) in [5.41, 5.74) is 9.83. The number of allylic oxidation sites excluding steroid dienone is 4. The monoisotopic (exact) mass is 412 g/mol. The summed E-state index contributed by atoms with van der Waals surface area (Å²) in [5, 5.41) is 0. The van der Waals surface area contributed by atoms with Crippen molar-refractivity contribution < 1.29 is 4.79 Å². The predicted octanol–water partition coefficient (Wildman–Crippen LogP) is 7.60. The quantitative estimate of drug-likeness (QED) is 0.436. The molecule has 0 saturated carbocycles. The van der Waals surface area contributed by atoms with Gasteiger partial charge in [-0.25, -0.2) is 0 Å². The van der Waals surface area contributed by atoms with E-state index in [2.05, 4.69) is 75.4 Å². The summed E-state index contributed by atoms with van der Waals surface area (Å²) in [7, 11) is 0. The van der Waals surface area contributed by atoms with Gasteiger partial charge in [-0.05, 0) is 75.5 Å². The Morgan fingerprint density at radius 3 is 2.39 bits per heavy atom. The molecule has 0 aromatic heterocycles. The van der Waals surface area contributed by atoms with Crippen molar-refractivity contribution in [1.29, 1.82) is 0 Å². The Morgan fingerprint density at radius 1 is 0.935 bits per heavy atom. The first-order valence-corrected chi connectivity index (χ1v) is 12.1. The third-order valence-electron chi connectivity index (χ3n) is 7.22. The fraction of sp³-hybridized carbons (Fsp3) is 0.433. The number of rotatable bonds is 8. The van der Waals surface area contributed by atoms with Gasteiger partial charge in [0.15, 0.2) is 0 Å². The van der Waals surface area contributed by atoms with Crippen molar-refractivity contribution in [2.24, 2.45) is 5.92 Å². The molecule has 0 heterocycles. The maximum atomic E-state index is 13.1. The van der Waals surface area contributed by atoms with Crippen LogP contribution in [-0.4, -0.2) is 5.78 Å². The number of carbonyl (C=O) groups is 1. The predicted molar refractivity (Wildman–Crippen MR) is 131 cm³/mol. The lowest BCUT2D eigenvalue weighted by Crippen LogP contribution is -2.19. The van der Waals surface area contributed by atoms with Crippen LogP contribution in [0.1, 0.15) is 79.2 Å². The molecule has 0 fully saturated rings. The minimum Gasteiger partial charge on any atom is -0.299 e. The van der Waals surface area contributed by atoms with Crippen molar-refractivity contribution >= 4 is 5.78 Å². The number of hydrogen-bond acceptors (Lipinski definition) is 1. The third-order valence-corrected chi connectivity index (χ3v) is 7.22. The Hall–Kier alpha value is -2.41. The summed E-state index contributed by atoms with van der Waals surface area (Å²) in [4.78, 5) is 13.1. The highest BCUT2D eigenvalue weighted by Crippen LogP contribution is 2.37. The minimum absolute atomic E-state index is 0.115. The summed E-state index contributed by atoms with van der Waals surface area (Å²) < 4.78 is 0. The van der Waals surface area contributed by atoms with Crippen LogP contribution in [0.25, 0.3) is 0 Å². The van der Waals surface area contributed by atoms with E-state index in [-0.39, 0.29) is 5.92 Å². The Balaban J connectivity index is 1.33. The van der Waals surface area contributed by atoms with Gasteiger partial charge in [-0.15, -0.1) is 0 Å². The molecule has 2 aromatic carbocycles. The molecule has 31 heavy (non-hydrogen) atoms. The normalized spacial score (nSPS) is 20.2. The molecule has 0 saturated heterocycles. The molecule has 2 unspecified atom stereocenters. The van der Waals surface area contributed by atoms with Crippen LogP contribution in [0.3, 0.4) is 0 Å². The van der Waals surface area contributed by atoms with Crippen molar-refractivity contribution in [2.45, 2.75) is 78.1 Å². The summed E-state index contributed by atoms with van der Waals surface area (Å²) in [5.74, 6) is 1.08. The van der Waals surface area contributed by atoms with Gasteiger partial charge in [0.25, 0.3) is 0 Å². The van der Waals surface area contributed by atoms with E-state index in [1.54, 1.807) is 5.57 Å². The van der Waals surface area contributed by atoms with E-state index in [1.165, 1.54) is 33.4 Å². The molecule has 2 aliphatic rings. The van der Waals surface area contributed by atoms with Crippen molar-refractivity contribution in [2.75, 3.05) is 0 Å². The molecule has 0 radical (unpaired) electrons. The first kappa shape index (κ1) is 21.8. The fourth-order valence-corrected chi connectivity index (χ4v) is 5.76. The summed E-state index contributed by atoms with van der Waals surface area (Å²) >= 11 is 0. The average Bonchev–Trinajstić information content (AvgIpc) is 3.16. The molecule has 0 bridgehead atoms. The molecule has 0 N–H and O–H groups in total. The van der Waals surface area contributed by atoms with E-state index in [0.717, 1.165) is 44.9 Å². The lowest BCUT2D eigenvalue weighted by atomic mass is 9.78. The largest absolute Gasteiger partial charge is 0.299 e. The molecule has 4 rings (SSSR count). The van der Waals surface area contributed by atoms with Gasteiger partial charge < -0.3 is 0 Å². The second kappa shape index (κ2) is 9.81. The van der Waals surface area contributed by atoms with E-state index in [9.17, 15) is 4.79 Å². The van der Waals surface area contributed by atoms with Gasteiger partial charge >= 0.3 is 0 Å². The highest BCUT2D eigenvalue weighted by Gasteiger charge is 2.27.